The molecule has 0 saturated carbocycles. The Balaban J connectivity index is 1.53. The zero-order valence-corrected chi connectivity index (χ0v) is 12.7. The van der Waals surface area contributed by atoms with Gasteiger partial charge in [-0.05, 0) is 35.2 Å². The van der Waals surface area contributed by atoms with E-state index in [-0.39, 0.29) is 11.7 Å². The molecular formula is C19H17FN2O. The highest BCUT2D eigenvalue weighted by Crippen LogP contribution is 2.24. The highest BCUT2D eigenvalue weighted by molar-refractivity contribution is 5.82. The fraction of sp³-hybridized carbons (Fsp3) is 0.211. The van der Waals surface area contributed by atoms with Gasteiger partial charge >= 0.3 is 0 Å². The average molecular weight is 308 g/mol. The van der Waals surface area contributed by atoms with E-state index in [0.717, 1.165) is 12.1 Å². The Morgan fingerprint density at radius 2 is 1.83 bits per heavy atom. The first-order chi connectivity index (χ1) is 11.2. The van der Waals surface area contributed by atoms with Crippen molar-refractivity contribution in [1.82, 2.24) is 9.47 Å². The lowest BCUT2D eigenvalue weighted by atomic mass is 10.1. The van der Waals surface area contributed by atoms with E-state index in [1.165, 1.54) is 28.7 Å². The number of halogens is 1. The number of hydrogen-bond donors (Lipinski definition) is 0. The first-order valence-corrected chi connectivity index (χ1v) is 7.80. The summed E-state index contributed by atoms with van der Waals surface area (Å²) in [5.41, 5.74) is 3.25. The van der Waals surface area contributed by atoms with Crippen LogP contribution in [0.1, 0.15) is 11.3 Å². The molecule has 0 bridgehead atoms. The van der Waals surface area contributed by atoms with Gasteiger partial charge in [0.2, 0.25) is 5.91 Å². The summed E-state index contributed by atoms with van der Waals surface area (Å²) < 4.78 is 15.2. The van der Waals surface area contributed by atoms with E-state index in [0.29, 0.717) is 19.5 Å². The summed E-state index contributed by atoms with van der Waals surface area (Å²) in [6.07, 6.45) is 0.320. The Kier molecular flexibility index (Phi) is 3.37. The number of rotatable bonds is 2. The normalized spacial score (nSPS) is 14.0. The topological polar surface area (TPSA) is 25.2 Å². The van der Waals surface area contributed by atoms with Crippen LogP contribution in [-0.2, 0) is 24.3 Å². The summed E-state index contributed by atoms with van der Waals surface area (Å²) in [5, 5.41) is 1.22. The van der Waals surface area contributed by atoms with Crippen LogP contribution in [0.15, 0.2) is 54.6 Å². The third kappa shape index (κ3) is 2.61. The average Bonchev–Trinajstić information content (AvgIpc) is 2.94. The molecule has 3 nitrogen and oxygen atoms in total. The quantitative estimate of drug-likeness (QED) is 0.712. The second-order valence-corrected chi connectivity index (χ2v) is 5.96. The number of para-hydroxylation sites is 1. The first kappa shape index (κ1) is 14.0. The van der Waals surface area contributed by atoms with Crippen LogP contribution < -0.4 is 0 Å². The molecule has 0 unspecified atom stereocenters. The van der Waals surface area contributed by atoms with Crippen molar-refractivity contribution in [3.05, 3.63) is 71.7 Å². The highest BCUT2D eigenvalue weighted by atomic mass is 19.1. The van der Waals surface area contributed by atoms with Crippen LogP contribution in [0, 0.1) is 5.82 Å². The van der Waals surface area contributed by atoms with E-state index in [1.54, 1.807) is 12.1 Å². The maximum absolute atomic E-state index is 12.9. The summed E-state index contributed by atoms with van der Waals surface area (Å²) in [4.78, 5) is 14.4. The SMILES string of the molecule is O=C(Cc1ccc(F)cc1)N1CCn2c(cc3ccccc32)C1. The molecule has 116 valence electrons. The molecule has 1 aromatic heterocycles. The largest absolute Gasteiger partial charge is 0.341 e. The predicted molar refractivity (Wildman–Crippen MR) is 87.5 cm³/mol. The zero-order valence-electron chi connectivity index (χ0n) is 12.7. The van der Waals surface area contributed by atoms with Crippen molar-refractivity contribution in [2.24, 2.45) is 0 Å². The van der Waals surface area contributed by atoms with Gasteiger partial charge in [-0.3, -0.25) is 4.79 Å². The number of amides is 1. The molecule has 1 aliphatic rings. The summed E-state index contributed by atoms with van der Waals surface area (Å²) in [5.74, 6) is -0.184. The van der Waals surface area contributed by atoms with Crippen LogP contribution in [0.2, 0.25) is 0 Å². The van der Waals surface area contributed by atoms with Gasteiger partial charge in [0.05, 0.1) is 13.0 Å². The molecule has 0 radical (unpaired) electrons. The molecule has 23 heavy (non-hydrogen) atoms. The molecular weight excluding hydrogens is 291 g/mol. The predicted octanol–water partition coefficient (Wildman–Crippen LogP) is 3.37. The van der Waals surface area contributed by atoms with Crippen molar-refractivity contribution in [3.63, 3.8) is 0 Å². The van der Waals surface area contributed by atoms with Gasteiger partial charge in [-0.25, -0.2) is 4.39 Å². The lowest BCUT2D eigenvalue weighted by Gasteiger charge is -2.29. The minimum Gasteiger partial charge on any atom is -0.341 e. The number of carbonyl (C=O) groups is 1. The number of nitrogens with zero attached hydrogens (tertiary/aromatic N) is 2. The van der Waals surface area contributed by atoms with Crippen molar-refractivity contribution in [2.45, 2.75) is 19.5 Å². The number of fused-ring (bicyclic) bond motifs is 3. The summed E-state index contributed by atoms with van der Waals surface area (Å²) in [6, 6.07) is 16.6. The third-order valence-electron chi connectivity index (χ3n) is 4.46. The molecule has 0 aliphatic carbocycles. The van der Waals surface area contributed by atoms with Gasteiger partial charge in [-0.15, -0.1) is 0 Å². The fourth-order valence-electron chi connectivity index (χ4n) is 3.26. The molecule has 0 atom stereocenters. The molecule has 2 aromatic carbocycles. The number of benzene rings is 2. The van der Waals surface area contributed by atoms with Crippen LogP contribution in [0.3, 0.4) is 0 Å². The molecule has 3 aromatic rings. The van der Waals surface area contributed by atoms with Crippen LogP contribution in [0.25, 0.3) is 10.9 Å². The van der Waals surface area contributed by atoms with Crippen molar-refractivity contribution < 1.29 is 9.18 Å². The third-order valence-corrected chi connectivity index (χ3v) is 4.46. The molecule has 2 heterocycles. The molecule has 0 N–H and O–H groups in total. The standard InChI is InChI=1S/C19H17FN2O/c20-16-7-5-14(6-8-16)11-19(23)21-9-10-22-17(13-21)12-15-3-1-2-4-18(15)22/h1-8,12H,9-11,13H2. The number of aromatic nitrogens is 1. The van der Waals surface area contributed by atoms with Gasteiger partial charge < -0.3 is 9.47 Å². The van der Waals surface area contributed by atoms with E-state index in [2.05, 4.69) is 22.8 Å². The Labute approximate surface area is 133 Å². The maximum Gasteiger partial charge on any atom is 0.227 e. The van der Waals surface area contributed by atoms with E-state index < -0.39 is 0 Å². The van der Waals surface area contributed by atoms with Crippen LogP contribution >= 0.6 is 0 Å². The molecule has 0 fully saturated rings. The number of carbonyl (C=O) groups excluding carboxylic acids is 1. The molecule has 1 aliphatic heterocycles. The van der Waals surface area contributed by atoms with E-state index in [4.69, 9.17) is 0 Å². The summed E-state index contributed by atoms with van der Waals surface area (Å²) in [6.45, 7) is 2.17. The van der Waals surface area contributed by atoms with Gasteiger partial charge in [-0.1, -0.05) is 30.3 Å². The van der Waals surface area contributed by atoms with Crippen LogP contribution in [0.5, 0.6) is 0 Å². The Bertz CT molecular complexity index is 867. The molecule has 0 saturated heterocycles. The first-order valence-electron chi connectivity index (χ1n) is 7.80. The molecule has 1 amide bonds. The summed E-state index contributed by atoms with van der Waals surface area (Å²) >= 11 is 0. The van der Waals surface area contributed by atoms with Crippen LogP contribution in [0.4, 0.5) is 4.39 Å². The lowest BCUT2D eigenvalue weighted by Crippen LogP contribution is -2.38. The number of hydrogen-bond acceptors (Lipinski definition) is 1. The maximum atomic E-state index is 12.9. The summed E-state index contributed by atoms with van der Waals surface area (Å²) in [7, 11) is 0. The van der Waals surface area contributed by atoms with Crippen molar-refractivity contribution >= 4 is 16.8 Å². The fourth-order valence-corrected chi connectivity index (χ4v) is 3.26. The van der Waals surface area contributed by atoms with Crippen molar-refractivity contribution in [2.75, 3.05) is 6.54 Å². The van der Waals surface area contributed by atoms with Gasteiger partial charge in [-0.2, -0.15) is 0 Å². The van der Waals surface area contributed by atoms with Crippen LogP contribution in [-0.4, -0.2) is 21.9 Å². The van der Waals surface area contributed by atoms with Crippen molar-refractivity contribution in [1.29, 1.82) is 0 Å². The second-order valence-electron chi connectivity index (χ2n) is 5.96. The molecule has 0 spiro atoms. The van der Waals surface area contributed by atoms with E-state index in [9.17, 15) is 9.18 Å². The van der Waals surface area contributed by atoms with Gasteiger partial charge in [0.15, 0.2) is 0 Å². The lowest BCUT2D eigenvalue weighted by molar-refractivity contribution is -0.131. The molecule has 4 heteroatoms. The van der Waals surface area contributed by atoms with Crippen molar-refractivity contribution in [3.8, 4) is 0 Å². The van der Waals surface area contributed by atoms with E-state index >= 15 is 0 Å². The highest BCUT2D eigenvalue weighted by Gasteiger charge is 2.22. The van der Waals surface area contributed by atoms with E-state index in [1.807, 2.05) is 17.0 Å². The monoisotopic (exact) mass is 308 g/mol. The molecule has 4 rings (SSSR count). The van der Waals surface area contributed by atoms with Gasteiger partial charge in [0, 0.05) is 24.3 Å². The Hall–Kier alpha value is -2.62. The minimum atomic E-state index is -0.274. The van der Waals surface area contributed by atoms with Gasteiger partial charge in [0.1, 0.15) is 5.82 Å². The Morgan fingerprint density at radius 3 is 2.65 bits per heavy atom. The Morgan fingerprint density at radius 1 is 1.04 bits per heavy atom. The smallest absolute Gasteiger partial charge is 0.227 e. The van der Waals surface area contributed by atoms with Gasteiger partial charge in [0.25, 0.3) is 0 Å². The minimum absolute atomic E-state index is 0.0908. The second kappa shape index (κ2) is 5.54. The zero-order chi connectivity index (χ0) is 15.8.